The van der Waals surface area contributed by atoms with E-state index in [0.717, 1.165) is 11.4 Å². The first kappa shape index (κ1) is 32.0. The van der Waals surface area contributed by atoms with E-state index in [2.05, 4.69) is 228 Å². The van der Waals surface area contributed by atoms with E-state index in [4.69, 9.17) is 0 Å². The van der Waals surface area contributed by atoms with Gasteiger partial charge in [0.1, 0.15) is 0 Å². The van der Waals surface area contributed by atoms with Gasteiger partial charge < -0.3 is 9.13 Å². The zero-order valence-corrected chi connectivity index (χ0v) is 30.7. The number of rotatable bonds is 6. The Bertz CT molecular complexity index is 3210. The maximum absolute atomic E-state index is 2.43. The molecule has 0 aliphatic heterocycles. The Balaban J connectivity index is 1.07. The molecule has 0 N–H and O–H groups in total. The summed E-state index contributed by atoms with van der Waals surface area (Å²) < 4.78 is 4.83. The molecule has 0 spiro atoms. The Hall–Kier alpha value is -7.42. The number of benzene rings is 9. The Labute approximate surface area is 325 Å². The Morgan fingerprint density at radius 3 is 1.23 bits per heavy atom. The average Bonchev–Trinajstić information content (AvgIpc) is 3.79. The van der Waals surface area contributed by atoms with Crippen molar-refractivity contribution in [3.8, 4) is 55.9 Å². The molecule has 0 aliphatic rings. The molecule has 11 aromatic rings. The second-order valence-corrected chi connectivity index (χ2v) is 14.6. The van der Waals surface area contributed by atoms with Crippen molar-refractivity contribution in [1.82, 2.24) is 9.13 Å². The van der Waals surface area contributed by atoms with Crippen LogP contribution in [0.2, 0.25) is 0 Å². The minimum atomic E-state index is 1.15. The number of fused-ring (bicyclic) bond motifs is 6. The summed E-state index contributed by atoms with van der Waals surface area (Å²) >= 11 is 0. The lowest BCUT2D eigenvalue weighted by Gasteiger charge is -2.11. The molecule has 2 heterocycles. The smallest absolute Gasteiger partial charge is 0.0547 e. The molecule has 0 amide bonds. The van der Waals surface area contributed by atoms with Crippen molar-refractivity contribution in [2.24, 2.45) is 0 Å². The Morgan fingerprint density at radius 1 is 0.196 bits per heavy atom. The van der Waals surface area contributed by atoms with Crippen LogP contribution in [0.3, 0.4) is 0 Å². The third-order valence-corrected chi connectivity index (χ3v) is 11.3. The standard InChI is InChI=1S/C54H36N2/c1-4-13-37(14-5-1)40-23-28-45(29-24-40)55-52-31-26-43(35-50(52)48-30-25-44(36-54(48)55)39-17-8-3-9-18-39)42-27-32-53-49(34-42)47-21-10-11-22-51(47)56(53)46-20-12-19-41(33-46)38-15-6-2-7-16-38/h1-36H. The van der Waals surface area contributed by atoms with Gasteiger partial charge >= 0.3 is 0 Å². The summed E-state index contributed by atoms with van der Waals surface area (Å²) in [7, 11) is 0. The van der Waals surface area contributed by atoms with Crippen molar-refractivity contribution in [3.05, 3.63) is 218 Å². The zero-order valence-electron chi connectivity index (χ0n) is 30.7. The summed E-state index contributed by atoms with van der Waals surface area (Å²) in [4.78, 5) is 0. The van der Waals surface area contributed by atoms with Gasteiger partial charge in [0, 0.05) is 32.9 Å². The number of aromatic nitrogens is 2. The molecule has 0 fully saturated rings. The van der Waals surface area contributed by atoms with E-state index in [9.17, 15) is 0 Å². The van der Waals surface area contributed by atoms with E-state index in [1.807, 2.05) is 0 Å². The van der Waals surface area contributed by atoms with Gasteiger partial charge in [-0.05, 0) is 105 Å². The largest absolute Gasteiger partial charge is 0.309 e. The van der Waals surface area contributed by atoms with Gasteiger partial charge in [-0.15, -0.1) is 0 Å². The molecule has 0 atom stereocenters. The molecule has 0 unspecified atom stereocenters. The maximum atomic E-state index is 2.43. The van der Waals surface area contributed by atoms with E-state index in [-0.39, 0.29) is 0 Å². The first-order chi connectivity index (χ1) is 27.8. The van der Waals surface area contributed by atoms with Crippen molar-refractivity contribution in [3.63, 3.8) is 0 Å². The average molecular weight is 713 g/mol. The predicted octanol–water partition coefficient (Wildman–Crippen LogP) is 14.5. The topological polar surface area (TPSA) is 9.86 Å². The van der Waals surface area contributed by atoms with Crippen molar-refractivity contribution >= 4 is 43.6 Å². The van der Waals surface area contributed by atoms with Crippen LogP contribution in [0.4, 0.5) is 0 Å². The summed E-state index contributed by atoms with van der Waals surface area (Å²) in [5.74, 6) is 0. The molecular weight excluding hydrogens is 677 g/mol. The van der Waals surface area contributed by atoms with Gasteiger partial charge in [0.15, 0.2) is 0 Å². The molecule has 0 bridgehead atoms. The third-order valence-electron chi connectivity index (χ3n) is 11.3. The normalized spacial score (nSPS) is 11.6. The quantitative estimate of drug-likeness (QED) is 0.162. The van der Waals surface area contributed by atoms with E-state index >= 15 is 0 Å². The maximum Gasteiger partial charge on any atom is 0.0547 e. The van der Waals surface area contributed by atoms with Crippen molar-refractivity contribution in [2.45, 2.75) is 0 Å². The summed E-state index contributed by atoms with van der Waals surface area (Å²) in [5.41, 5.74) is 16.8. The molecule has 0 saturated carbocycles. The molecule has 56 heavy (non-hydrogen) atoms. The summed E-state index contributed by atoms with van der Waals surface area (Å²) in [6, 6.07) is 79.4. The predicted molar refractivity (Wildman–Crippen MR) is 237 cm³/mol. The first-order valence-electron chi connectivity index (χ1n) is 19.3. The van der Waals surface area contributed by atoms with Crippen molar-refractivity contribution in [2.75, 3.05) is 0 Å². The molecule has 0 aliphatic carbocycles. The second kappa shape index (κ2) is 13.2. The van der Waals surface area contributed by atoms with Crippen LogP contribution in [-0.2, 0) is 0 Å². The minimum absolute atomic E-state index is 1.15. The molecular formula is C54H36N2. The van der Waals surface area contributed by atoms with E-state index in [1.165, 1.54) is 88.1 Å². The van der Waals surface area contributed by atoms with Crippen molar-refractivity contribution in [1.29, 1.82) is 0 Å². The fourth-order valence-corrected chi connectivity index (χ4v) is 8.61. The minimum Gasteiger partial charge on any atom is -0.309 e. The summed E-state index contributed by atoms with van der Waals surface area (Å²) in [5, 5.41) is 4.98. The Morgan fingerprint density at radius 2 is 0.607 bits per heavy atom. The highest BCUT2D eigenvalue weighted by Gasteiger charge is 2.17. The van der Waals surface area contributed by atoms with Crippen LogP contribution in [0.5, 0.6) is 0 Å². The lowest BCUT2D eigenvalue weighted by molar-refractivity contribution is 1.18. The van der Waals surface area contributed by atoms with E-state index in [1.54, 1.807) is 0 Å². The number of para-hydroxylation sites is 1. The number of hydrogen-bond donors (Lipinski definition) is 0. The summed E-state index contributed by atoms with van der Waals surface area (Å²) in [6.07, 6.45) is 0. The first-order valence-corrected chi connectivity index (χ1v) is 19.3. The highest BCUT2D eigenvalue weighted by molar-refractivity contribution is 6.13. The summed E-state index contributed by atoms with van der Waals surface area (Å²) in [6.45, 7) is 0. The molecule has 0 saturated heterocycles. The fraction of sp³-hybridized carbons (Fsp3) is 0. The van der Waals surface area contributed by atoms with E-state index < -0.39 is 0 Å². The van der Waals surface area contributed by atoms with Gasteiger partial charge in [0.25, 0.3) is 0 Å². The number of nitrogens with zero attached hydrogens (tertiary/aromatic N) is 2. The molecule has 2 aromatic heterocycles. The molecule has 2 heteroatoms. The Kier molecular flexibility index (Phi) is 7.53. The van der Waals surface area contributed by atoms with Crippen LogP contribution in [0.25, 0.3) is 99.5 Å². The van der Waals surface area contributed by atoms with Gasteiger partial charge in [0.05, 0.1) is 22.1 Å². The SMILES string of the molecule is c1ccc(-c2ccc(-n3c4ccc(-c5ccc6c(c5)c5ccccc5n6-c5cccc(-c6ccccc6)c5)cc4c4ccc(-c5ccccc5)cc43)cc2)cc1. The molecule has 9 aromatic carbocycles. The van der Waals surface area contributed by atoms with Gasteiger partial charge in [-0.1, -0.05) is 158 Å². The van der Waals surface area contributed by atoms with Crippen LogP contribution in [0.1, 0.15) is 0 Å². The van der Waals surface area contributed by atoms with E-state index in [0.29, 0.717) is 0 Å². The van der Waals surface area contributed by atoms with Crippen LogP contribution >= 0.6 is 0 Å². The zero-order chi connectivity index (χ0) is 37.0. The number of hydrogen-bond acceptors (Lipinski definition) is 0. The van der Waals surface area contributed by atoms with Gasteiger partial charge in [-0.3, -0.25) is 0 Å². The van der Waals surface area contributed by atoms with Crippen LogP contribution in [0.15, 0.2) is 218 Å². The monoisotopic (exact) mass is 712 g/mol. The van der Waals surface area contributed by atoms with Crippen molar-refractivity contribution < 1.29 is 0 Å². The fourth-order valence-electron chi connectivity index (χ4n) is 8.61. The second-order valence-electron chi connectivity index (χ2n) is 14.6. The highest BCUT2D eigenvalue weighted by atomic mass is 15.0. The van der Waals surface area contributed by atoms with Gasteiger partial charge in [-0.2, -0.15) is 0 Å². The molecule has 0 radical (unpaired) electrons. The lowest BCUT2D eigenvalue weighted by Crippen LogP contribution is -1.94. The van der Waals surface area contributed by atoms with Crippen LogP contribution in [0, 0.1) is 0 Å². The van der Waals surface area contributed by atoms with Crippen LogP contribution in [-0.4, -0.2) is 9.13 Å². The van der Waals surface area contributed by atoms with Gasteiger partial charge in [0.2, 0.25) is 0 Å². The molecule has 2 nitrogen and oxygen atoms in total. The van der Waals surface area contributed by atoms with Crippen LogP contribution < -0.4 is 0 Å². The molecule has 262 valence electrons. The van der Waals surface area contributed by atoms with Gasteiger partial charge in [-0.25, -0.2) is 0 Å². The lowest BCUT2D eigenvalue weighted by atomic mass is 9.99. The highest BCUT2D eigenvalue weighted by Crippen LogP contribution is 2.40. The molecule has 11 rings (SSSR count). The third kappa shape index (κ3) is 5.34.